The molecule has 2 rings (SSSR count). The number of phenols is 1. The van der Waals surface area contributed by atoms with Crippen molar-refractivity contribution in [2.24, 2.45) is 0 Å². The maximum Gasteiger partial charge on any atom is 0.141 e. The maximum atomic E-state index is 9.86. The Balaban J connectivity index is 2.03. The summed E-state index contributed by atoms with van der Waals surface area (Å²) in [4.78, 5) is 4.32. The number of nitrogens with zero attached hydrogens (tertiary/aromatic N) is 1. The number of phenolic OH excluding ortho intramolecular Hbond substituents is 1. The fraction of sp³-hybridized carbons (Fsp3) is 0.471. The van der Waals surface area contributed by atoms with E-state index in [4.69, 9.17) is 0 Å². The second-order valence-electron chi connectivity index (χ2n) is 5.38. The van der Waals surface area contributed by atoms with Crippen LogP contribution in [0.25, 0.3) is 10.9 Å². The molecule has 0 aliphatic heterocycles. The SMILES string of the molecule is CCCCCCCNc1ccc(O)c2ncc(C)cc12. The fourth-order valence-corrected chi connectivity index (χ4v) is 2.42. The van der Waals surface area contributed by atoms with Gasteiger partial charge in [-0.2, -0.15) is 0 Å². The second kappa shape index (κ2) is 7.13. The highest BCUT2D eigenvalue weighted by molar-refractivity contribution is 5.95. The van der Waals surface area contributed by atoms with Crippen LogP contribution < -0.4 is 5.32 Å². The maximum absolute atomic E-state index is 9.86. The highest BCUT2D eigenvalue weighted by Gasteiger charge is 2.06. The molecule has 0 unspecified atom stereocenters. The van der Waals surface area contributed by atoms with E-state index in [1.54, 1.807) is 12.3 Å². The smallest absolute Gasteiger partial charge is 0.141 e. The minimum atomic E-state index is 0.244. The van der Waals surface area contributed by atoms with E-state index in [9.17, 15) is 5.11 Å². The van der Waals surface area contributed by atoms with Gasteiger partial charge in [0.05, 0.1) is 0 Å². The van der Waals surface area contributed by atoms with E-state index in [-0.39, 0.29) is 5.75 Å². The number of hydrogen-bond acceptors (Lipinski definition) is 3. The van der Waals surface area contributed by atoms with Crippen molar-refractivity contribution in [3.63, 3.8) is 0 Å². The van der Waals surface area contributed by atoms with Gasteiger partial charge in [-0.1, -0.05) is 32.6 Å². The van der Waals surface area contributed by atoms with Crippen LogP contribution in [0.4, 0.5) is 5.69 Å². The van der Waals surface area contributed by atoms with Crippen molar-refractivity contribution < 1.29 is 5.11 Å². The van der Waals surface area contributed by atoms with Gasteiger partial charge in [-0.25, -0.2) is 0 Å². The first kappa shape index (κ1) is 14.6. The fourth-order valence-electron chi connectivity index (χ4n) is 2.42. The molecule has 1 aromatic carbocycles. The highest BCUT2D eigenvalue weighted by Crippen LogP contribution is 2.29. The first-order chi connectivity index (χ1) is 9.72. The molecule has 20 heavy (non-hydrogen) atoms. The van der Waals surface area contributed by atoms with Crippen LogP contribution in [0.15, 0.2) is 24.4 Å². The lowest BCUT2D eigenvalue weighted by Gasteiger charge is -2.11. The Morgan fingerprint density at radius 1 is 1.15 bits per heavy atom. The molecule has 0 radical (unpaired) electrons. The molecule has 0 aliphatic rings. The molecule has 3 heteroatoms. The number of pyridine rings is 1. The van der Waals surface area contributed by atoms with Gasteiger partial charge in [0.25, 0.3) is 0 Å². The van der Waals surface area contributed by atoms with Crippen molar-refractivity contribution in [3.8, 4) is 5.75 Å². The van der Waals surface area contributed by atoms with Crippen LogP contribution in [0.5, 0.6) is 5.75 Å². The predicted octanol–water partition coefficient (Wildman–Crippen LogP) is 4.63. The largest absolute Gasteiger partial charge is 0.506 e. The van der Waals surface area contributed by atoms with E-state index in [1.165, 1.54) is 32.1 Å². The molecule has 0 fully saturated rings. The average Bonchev–Trinajstić information content (AvgIpc) is 2.45. The summed E-state index contributed by atoms with van der Waals surface area (Å²) in [5.74, 6) is 0.244. The molecular weight excluding hydrogens is 248 g/mol. The van der Waals surface area contributed by atoms with Crippen LogP contribution in [-0.4, -0.2) is 16.6 Å². The monoisotopic (exact) mass is 272 g/mol. The number of fused-ring (bicyclic) bond motifs is 1. The normalized spacial score (nSPS) is 10.9. The molecule has 0 atom stereocenters. The summed E-state index contributed by atoms with van der Waals surface area (Å²) in [7, 11) is 0. The lowest BCUT2D eigenvalue weighted by molar-refractivity contribution is 0.480. The summed E-state index contributed by atoms with van der Waals surface area (Å²) < 4.78 is 0. The quantitative estimate of drug-likeness (QED) is 0.570. The Hall–Kier alpha value is -1.77. The third kappa shape index (κ3) is 3.62. The third-order valence-electron chi connectivity index (χ3n) is 3.56. The van der Waals surface area contributed by atoms with Crippen molar-refractivity contribution in [2.75, 3.05) is 11.9 Å². The highest BCUT2D eigenvalue weighted by atomic mass is 16.3. The molecule has 0 spiro atoms. The van der Waals surface area contributed by atoms with Crippen LogP contribution >= 0.6 is 0 Å². The minimum Gasteiger partial charge on any atom is -0.506 e. The molecule has 0 amide bonds. The average molecular weight is 272 g/mol. The molecule has 0 saturated carbocycles. The van der Waals surface area contributed by atoms with E-state index in [0.717, 1.165) is 23.2 Å². The lowest BCUT2D eigenvalue weighted by atomic mass is 10.1. The summed E-state index contributed by atoms with van der Waals surface area (Å²) in [5, 5.41) is 14.3. The standard InChI is InChI=1S/C17H24N2O/c1-3-4-5-6-7-10-18-15-8-9-16(20)17-14(15)11-13(2)12-19-17/h8-9,11-12,18,20H,3-7,10H2,1-2H3. The summed E-state index contributed by atoms with van der Waals surface area (Å²) in [5.41, 5.74) is 2.84. The number of rotatable bonds is 7. The van der Waals surface area contributed by atoms with Gasteiger partial charge >= 0.3 is 0 Å². The predicted molar refractivity (Wildman–Crippen MR) is 85.4 cm³/mol. The molecule has 0 saturated heterocycles. The Labute approximate surface area is 121 Å². The van der Waals surface area contributed by atoms with E-state index in [2.05, 4.69) is 23.3 Å². The lowest BCUT2D eigenvalue weighted by Crippen LogP contribution is -2.02. The molecule has 3 nitrogen and oxygen atoms in total. The molecule has 2 N–H and O–H groups in total. The minimum absolute atomic E-state index is 0.244. The van der Waals surface area contributed by atoms with Crippen LogP contribution in [0, 0.1) is 6.92 Å². The Morgan fingerprint density at radius 3 is 2.75 bits per heavy atom. The summed E-state index contributed by atoms with van der Waals surface area (Å²) in [6, 6.07) is 5.72. The van der Waals surface area contributed by atoms with Crippen molar-refractivity contribution >= 4 is 16.6 Å². The molecular formula is C17H24N2O. The van der Waals surface area contributed by atoms with E-state index >= 15 is 0 Å². The zero-order chi connectivity index (χ0) is 14.4. The third-order valence-corrected chi connectivity index (χ3v) is 3.56. The zero-order valence-corrected chi connectivity index (χ0v) is 12.4. The molecule has 108 valence electrons. The number of hydrogen-bond donors (Lipinski definition) is 2. The Bertz CT molecular complexity index is 566. The van der Waals surface area contributed by atoms with E-state index < -0.39 is 0 Å². The van der Waals surface area contributed by atoms with Crippen molar-refractivity contribution in [1.82, 2.24) is 4.98 Å². The topological polar surface area (TPSA) is 45.1 Å². The van der Waals surface area contributed by atoms with Gasteiger partial charge in [0.2, 0.25) is 0 Å². The van der Waals surface area contributed by atoms with Gasteiger partial charge in [-0.15, -0.1) is 0 Å². The molecule has 2 aromatic rings. The van der Waals surface area contributed by atoms with Crippen molar-refractivity contribution in [2.45, 2.75) is 46.0 Å². The summed E-state index contributed by atoms with van der Waals surface area (Å²) in [6.45, 7) is 5.22. The first-order valence-electron chi connectivity index (χ1n) is 7.54. The van der Waals surface area contributed by atoms with Gasteiger partial charge in [-0.3, -0.25) is 4.98 Å². The Kier molecular flexibility index (Phi) is 5.22. The van der Waals surface area contributed by atoms with Crippen LogP contribution in [-0.2, 0) is 0 Å². The zero-order valence-electron chi connectivity index (χ0n) is 12.4. The van der Waals surface area contributed by atoms with E-state index in [0.29, 0.717) is 5.52 Å². The van der Waals surface area contributed by atoms with Crippen LogP contribution in [0.2, 0.25) is 0 Å². The van der Waals surface area contributed by atoms with Gasteiger partial charge in [-0.05, 0) is 37.1 Å². The van der Waals surface area contributed by atoms with Crippen molar-refractivity contribution in [1.29, 1.82) is 0 Å². The second-order valence-corrected chi connectivity index (χ2v) is 5.38. The van der Waals surface area contributed by atoms with Crippen LogP contribution in [0.3, 0.4) is 0 Å². The van der Waals surface area contributed by atoms with E-state index in [1.807, 2.05) is 13.0 Å². The molecule has 1 heterocycles. The number of anilines is 1. The number of benzene rings is 1. The number of nitrogens with one attached hydrogen (secondary N) is 1. The van der Waals surface area contributed by atoms with Gasteiger partial charge in [0.15, 0.2) is 0 Å². The Morgan fingerprint density at radius 2 is 1.95 bits per heavy atom. The van der Waals surface area contributed by atoms with Gasteiger partial charge in [0.1, 0.15) is 11.3 Å². The number of aryl methyl sites for hydroxylation is 1. The van der Waals surface area contributed by atoms with Gasteiger partial charge < -0.3 is 10.4 Å². The number of unbranched alkanes of at least 4 members (excludes halogenated alkanes) is 4. The molecule has 1 aromatic heterocycles. The van der Waals surface area contributed by atoms with Gasteiger partial charge in [0, 0.05) is 23.8 Å². The molecule has 0 bridgehead atoms. The first-order valence-corrected chi connectivity index (χ1v) is 7.54. The van der Waals surface area contributed by atoms with Crippen LogP contribution in [0.1, 0.15) is 44.6 Å². The molecule has 0 aliphatic carbocycles. The van der Waals surface area contributed by atoms with Crippen molar-refractivity contribution in [3.05, 3.63) is 30.0 Å². The summed E-state index contributed by atoms with van der Waals surface area (Å²) in [6.07, 6.45) is 8.16. The number of aromatic nitrogens is 1. The number of aromatic hydroxyl groups is 1. The summed E-state index contributed by atoms with van der Waals surface area (Å²) >= 11 is 0.